The van der Waals surface area contributed by atoms with Crippen LogP contribution in [0.4, 0.5) is 5.69 Å². The van der Waals surface area contributed by atoms with Gasteiger partial charge in [-0.05, 0) is 54.9 Å². The molecule has 0 unspecified atom stereocenters. The lowest BCUT2D eigenvalue weighted by atomic mass is 10.3. The van der Waals surface area contributed by atoms with Crippen LogP contribution in [0.2, 0.25) is 0 Å². The number of rotatable bonds is 9. The number of ether oxygens (including phenoxy) is 2. The molecule has 1 aromatic carbocycles. The lowest BCUT2D eigenvalue weighted by molar-refractivity contribution is 0.172. The fraction of sp³-hybridized carbons (Fsp3) is 0.316. The largest absolute Gasteiger partial charge is 0.494 e. The third kappa shape index (κ3) is 5.51. The number of benzene rings is 1. The van der Waals surface area contributed by atoms with Crippen molar-refractivity contribution in [3.05, 3.63) is 47.7 Å². The average molecular weight is 419 g/mol. The molecule has 2 aromatic heterocycles. The number of thiocarbonyl (C=S) groups is 1. The molecular weight excluding hydrogens is 396 g/mol. The molecule has 0 aliphatic rings. The van der Waals surface area contributed by atoms with Gasteiger partial charge in [0, 0.05) is 19.3 Å². The first-order valence-corrected chi connectivity index (χ1v) is 10.1. The SMILES string of the molecule is CCOc1ccc(NC(=S)N(CCOC)Cc2nnc(-c3cccs3)o2)cc1. The molecule has 0 saturated carbocycles. The van der Waals surface area contributed by atoms with Crippen molar-refractivity contribution in [2.24, 2.45) is 0 Å². The highest BCUT2D eigenvalue weighted by atomic mass is 32.1. The zero-order valence-electron chi connectivity index (χ0n) is 15.8. The predicted molar refractivity (Wildman–Crippen MR) is 114 cm³/mol. The summed E-state index contributed by atoms with van der Waals surface area (Å²) in [4.78, 5) is 2.87. The molecule has 0 aliphatic heterocycles. The summed E-state index contributed by atoms with van der Waals surface area (Å²) < 4.78 is 16.5. The summed E-state index contributed by atoms with van der Waals surface area (Å²) in [6.45, 7) is 4.10. The lowest BCUT2D eigenvalue weighted by Crippen LogP contribution is -2.36. The van der Waals surface area contributed by atoms with E-state index in [-0.39, 0.29) is 0 Å². The Kier molecular flexibility index (Phi) is 7.35. The normalized spacial score (nSPS) is 10.6. The number of thiophene rings is 1. The third-order valence-corrected chi connectivity index (χ3v) is 5.01. The summed E-state index contributed by atoms with van der Waals surface area (Å²) in [7, 11) is 1.66. The highest BCUT2D eigenvalue weighted by molar-refractivity contribution is 7.80. The van der Waals surface area contributed by atoms with Gasteiger partial charge in [0.2, 0.25) is 5.89 Å². The first-order chi connectivity index (χ1) is 13.7. The highest BCUT2D eigenvalue weighted by Crippen LogP contribution is 2.23. The van der Waals surface area contributed by atoms with Crippen LogP contribution in [0.15, 0.2) is 46.2 Å². The second-order valence-electron chi connectivity index (χ2n) is 5.78. The van der Waals surface area contributed by atoms with Crippen LogP contribution in [0.3, 0.4) is 0 Å². The van der Waals surface area contributed by atoms with Crippen molar-refractivity contribution in [3.8, 4) is 16.5 Å². The van der Waals surface area contributed by atoms with Crippen molar-refractivity contribution < 1.29 is 13.9 Å². The number of nitrogens with one attached hydrogen (secondary N) is 1. The van der Waals surface area contributed by atoms with E-state index in [0.717, 1.165) is 16.3 Å². The van der Waals surface area contributed by atoms with Crippen LogP contribution >= 0.6 is 23.6 Å². The van der Waals surface area contributed by atoms with E-state index in [4.69, 9.17) is 26.1 Å². The number of hydrogen-bond acceptors (Lipinski definition) is 7. The van der Waals surface area contributed by atoms with Crippen LogP contribution in [0, 0.1) is 0 Å². The fourth-order valence-electron chi connectivity index (χ4n) is 2.44. The van der Waals surface area contributed by atoms with Crippen LogP contribution in [0.5, 0.6) is 5.75 Å². The van der Waals surface area contributed by atoms with E-state index in [9.17, 15) is 0 Å². The number of nitrogens with zero attached hydrogens (tertiary/aromatic N) is 3. The van der Waals surface area contributed by atoms with Crippen molar-refractivity contribution in [1.29, 1.82) is 0 Å². The predicted octanol–water partition coefficient (Wildman–Crippen LogP) is 4.04. The minimum Gasteiger partial charge on any atom is -0.494 e. The Labute approximate surface area is 173 Å². The van der Waals surface area contributed by atoms with Crippen molar-refractivity contribution in [2.45, 2.75) is 13.5 Å². The molecule has 28 heavy (non-hydrogen) atoms. The lowest BCUT2D eigenvalue weighted by Gasteiger charge is -2.24. The molecule has 148 valence electrons. The topological polar surface area (TPSA) is 72.7 Å². The number of hydrogen-bond donors (Lipinski definition) is 1. The van der Waals surface area contributed by atoms with E-state index >= 15 is 0 Å². The maximum atomic E-state index is 5.78. The Balaban J connectivity index is 1.66. The summed E-state index contributed by atoms with van der Waals surface area (Å²) in [5.41, 5.74) is 0.876. The minimum atomic E-state index is 0.393. The average Bonchev–Trinajstić information content (AvgIpc) is 3.38. The molecule has 0 saturated heterocycles. The van der Waals surface area contributed by atoms with E-state index in [0.29, 0.717) is 43.2 Å². The van der Waals surface area contributed by atoms with Crippen molar-refractivity contribution >= 4 is 34.4 Å². The molecular formula is C19H22N4O3S2. The second kappa shape index (κ2) is 10.2. The molecule has 0 bridgehead atoms. The number of anilines is 1. The summed E-state index contributed by atoms with van der Waals surface area (Å²) in [6, 6.07) is 11.5. The van der Waals surface area contributed by atoms with Gasteiger partial charge in [0.25, 0.3) is 5.89 Å². The summed E-state index contributed by atoms with van der Waals surface area (Å²) in [6.07, 6.45) is 0. The van der Waals surface area contributed by atoms with Gasteiger partial charge in [0.15, 0.2) is 5.11 Å². The van der Waals surface area contributed by atoms with E-state index in [1.165, 1.54) is 0 Å². The quantitative estimate of drug-likeness (QED) is 0.522. The zero-order valence-corrected chi connectivity index (χ0v) is 17.4. The summed E-state index contributed by atoms with van der Waals surface area (Å²) in [5.74, 6) is 1.83. The molecule has 0 atom stereocenters. The molecule has 3 rings (SSSR count). The Morgan fingerprint density at radius 3 is 2.75 bits per heavy atom. The zero-order chi connectivity index (χ0) is 19.8. The Morgan fingerprint density at radius 2 is 2.07 bits per heavy atom. The first kappa shape index (κ1) is 20.2. The minimum absolute atomic E-state index is 0.393. The molecule has 0 radical (unpaired) electrons. The van der Waals surface area contributed by atoms with Gasteiger partial charge >= 0.3 is 0 Å². The Bertz CT molecular complexity index is 866. The third-order valence-electron chi connectivity index (χ3n) is 3.79. The van der Waals surface area contributed by atoms with Crippen LogP contribution in [-0.4, -0.2) is 47.1 Å². The van der Waals surface area contributed by atoms with E-state index < -0.39 is 0 Å². The molecule has 0 aliphatic carbocycles. The summed E-state index contributed by atoms with van der Waals surface area (Å²) >= 11 is 7.14. The molecule has 0 amide bonds. The molecule has 2 heterocycles. The van der Waals surface area contributed by atoms with Gasteiger partial charge in [-0.3, -0.25) is 0 Å². The number of aromatic nitrogens is 2. The van der Waals surface area contributed by atoms with Crippen molar-refractivity contribution in [1.82, 2.24) is 15.1 Å². The van der Waals surface area contributed by atoms with Gasteiger partial charge in [-0.25, -0.2) is 0 Å². The smallest absolute Gasteiger partial charge is 0.257 e. The molecule has 0 spiro atoms. The fourth-order valence-corrected chi connectivity index (χ4v) is 3.36. The molecule has 3 aromatic rings. The maximum Gasteiger partial charge on any atom is 0.257 e. The monoisotopic (exact) mass is 418 g/mol. The molecule has 0 fully saturated rings. The van der Waals surface area contributed by atoms with E-state index in [2.05, 4.69) is 15.5 Å². The first-order valence-electron chi connectivity index (χ1n) is 8.83. The number of methoxy groups -OCH3 is 1. The highest BCUT2D eigenvalue weighted by Gasteiger charge is 2.16. The van der Waals surface area contributed by atoms with Crippen LogP contribution in [-0.2, 0) is 11.3 Å². The van der Waals surface area contributed by atoms with Gasteiger partial charge in [0.05, 0.1) is 24.6 Å². The van der Waals surface area contributed by atoms with Crippen molar-refractivity contribution in [2.75, 3.05) is 32.2 Å². The van der Waals surface area contributed by atoms with Crippen LogP contribution < -0.4 is 10.1 Å². The van der Waals surface area contributed by atoms with Crippen LogP contribution in [0.25, 0.3) is 10.8 Å². The second-order valence-corrected chi connectivity index (χ2v) is 7.11. The molecule has 7 nitrogen and oxygen atoms in total. The Hall–Kier alpha value is -2.49. The van der Waals surface area contributed by atoms with Gasteiger partial charge in [-0.2, -0.15) is 0 Å². The van der Waals surface area contributed by atoms with Crippen molar-refractivity contribution in [3.63, 3.8) is 0 Å². The van der Waals surface area contributed by atoms with E-state index in [1.807, 2.05) is 53.6 Å². The molecule has 9 heteroatoms. The molecule has 1 N–H and O–H groups in total. The van der Waals surface area contributed by atoms with Gasteiger partial charge in [0.1, 0.15) is 5.75 Å². The Morgan fingerprint density at radius 1 is 1.25 bits per heavy atom. The summed E-state index contributed by atoms with van der Waals surface area (Å²) in [5, 5.41) is 14.0. The maximum absolute atomic E-state index is 5.78. The van der Waals surface area contributed by atoms with E-state index in [1.54, 1.807) is 18.4 Å². The van der Waals surface area contributed by atoms with Gasteiger partial charge in [-0.1, -0.05) is 6.07 Å². The van der Waals surface area contributed by atoms with Gasteiger partial charge in [-0.15, -0.1) is 21.5 Å². The standard InChI is InChI=1S/C19H22N4O3S2/c1-3-25-15-8-6-14(7-9-15)20-19(27)23(10-11-24-2)13-17-21-22-18(26-17)16-5-4-12-28-16/h4-9,12H,3,10-11,13H2,1-2H3,(H,20,27). The van der Waals surface area contributed by atoms with Gasteiger partial charge < -0.3 is 24.1 Å². The van der Waals surface area contributed by atoms with Crippen LogP contribution in [0.1, 0.15) is 12.8 Å².